The molecule has 1 aliphatic heterocycles. The first kappa shape index (κ1) is 13.8. The fourth-order valence-corrected chi connectivity index (χ4v) is 2.72. The number of hydrogen-bond donors (Lipinski definition) is 0. The van der Waals surface area contributed by atoms with Gasteiger partial charge in [0.1, 0.15) is 12.7 Å². The average Bonchev–Trinajstić information content (AvgIpc) is 3.01. The molecule has 1 fully saturated rings. The van der Waals surface area contributed by atoms with Crippen LogP contribution >= 0.6 is 0 Å². The van der Waals surface area contributed by atoms with Gasteiger partial charge < -0.3 is 9.80 Å². The summed E-state index contributed by atoms with van der Waals surface area (Å²) in [5.74, 6) is 0.103. The molecule has 0 saturated carbocycles. The zero-order valence-corrected chi connectivity index (χ0v) is 12.3. The standard InChI is InChI=1S/C15H19N5O/c1-12-9-18(2)7-8-20(12)15(21)13-3-5-14(6-4-13)19-10-16-17-11-19/h3-6,10-12H,7-9H2,1-2H3/t12-/m0/s1. The average molecular weight is 285 g/mol. The molecule has 1 saturated heterocycles. The fraction of sp³-hybridized carbons (Fsp3) is 0.400. The molecular weight excluding hydrogens is 266 g/mol. The van der Waals surface area contributed by atoms with Gasteiger partial charge in [0.25, 0.3) is 5.91 Å². The summed E-state index contributed by atoms with van der Waals surface area (Å²) in [5, 5.41) is 7.56. The summed E-state index contributed by atoms with van der Waals surface area (Å²) in [6.45, 7) is 4.72. The van der Waals surface area contributed by atoms with E-state index in [0.717, 1.165) is 30.9 Å². The van der Waals surface area contributed by atoms with E-state index in [1.54, 1.807) is 12.7 Å². The van der Waals surface area contributed by atoms with Crippen LogP contribution in [0.3, 0.4) is 0 Å². The Morgan fingerprint density at radius 1 is 1.14 bits per heavy atom. The van der Waals surface area contributed by atoms with Crippen LogP contribution in [0.5, 0.6) is 0 Å². The Morgan fingerprint density at radius 2 is 1.81 bits per heavy atom. The number of nitrogens with zero attached hydrogens (tertiary/aromatic N) is 5. The lowest BCUT2D eigenvalue weighted by Gasteiger charge is -2.38. The van der Waals surface area contributed by atoms with Gasteiger partial charge in [0.2, 0.25) is 0 Å². The Hall–Kier alpha value is -2.21. The third-order valence-electron chi connectivity index (χ3n) is 3.92. The number of rotatable bonds is 2. The number of hydrogen-bond acceptors (Lipinski definition) is 4. The number of carbonyl (C=O) groups is 1. The molecule has 0 N–H and O–H groups in total. The molecule has 0 unspecified atom stereocenters. The van der Waals surface area contributed by atoms with E-state index in [4.69, 9.17) is 0 Å². The van der Waals surface area contributed by atoms with Crippen molar-refractivity contribution in [2.45, 2.75) is 13.0 Å². The number of likely N-dealkylation sites (N-methyl/N-ethyl adjacent to an activating group) is 1. The summed E-state index contributed by atoms with van der Waals surface area (Å²) in [5.41, 5.74) is 1.67. The van der Waals surface area contributed by atoms with Gasteiger partial charge in [-0.05, 0) is 38.2 Å². The van der Waals surface area contributed by atoms with E-state index in [9.17, 15) is 4.79 Å². The first-order valence-electron chi connectivity index (χ1n) is 7.10. The summed E-state index contributed by atoms with van der Waals surface area (Å²) < 4.78 is 1.81. The number of carbonyl (C=O) groups excluding carboxylic acids is 1. The van der Waals surface area contributed by atoms with Crippen LogP contribution in [0.25, 0.3) is 5.69 Å². The molecule has 0 spiro atoms. The molecular formula is C15H19N5O. The van der Waals surface area contributed by atoms with Crippen molar-refractivity contribution in [3.8, 4) is 5.69 Å². The van der Waals surface area contributed by atoms with Gasteiger partial charge >= 0.3 is 0 Å². The van der Waals surface area contributed by atoms with Gasteiger partial charge in [-0.3, -0.25) is 9.36 Å². The van der Waals surface area contributed by atoms with E-state index in [0.29, 0.717) is 0 Å². The maximum Gasteiger partial charge on any atom is 0.254 e. The molecule has 0 aliphatic carbocycles. The van der Waals surface area contributed by atoms with Crippen molar-refractivity contribution in [2.75, 3.05) is 26.7 Å². The maximum absolute atomic E-state index is 12.6. The molecule has 110 valence electrons. The van der Waals surface area contributed by atoms with Crippen LogP contribution in [0.4, 0.5) is 0 Å². The van der Waals surface area contributed by atoms with E-state index in [1.807, 2.05) is 33.7 Å². The summed E-state index contributed by atoms with van der Waals surface area (Å²) in [6, 6.07) is 7.80. The summed E-state index contributed by atoms with van der Waals surface area (Å²) >= 11 is 0. The predicted octanol–water partition coefficient (Wildman–Crippen LogP) is 1.04. The van der Waals surface area contributed by atoms with Crippen molar-refractivity contribution >= 4 is 5.91 Å². The van der Waals surface area contributed by atoms with Gasteiger partial charge in [0.05, 0.1) is 0 Å². The largest absolute Gasteiger partial charge is 0.333 e. The molecule has 2 heterocycles. The molecule has 1 aromatic heterocycles. The zero-order valence-electron chi connectivity index (χ0n) is 12.3. The molecule has 0 radical (unpaired) electrons. The molecule has 0 bridgehead atoms. The smallest absolute Gasteiger partial charge is 0.254 e. The van der Waals surface area contributed by atoms with Crippen LogP contribution in [0.2, 0.25) is 0 Å². The predicted molar refractivity (Wildman–Crippen MR) is 79.4 cm³/mol. The van der Waals surface area contributed by atoms with Crippen LogP contribution in [0.1, 0.15) is 17.3 Å². The summed E-state index contributed by atoms with van der Waals surface area (Å²) in [4.78, 5) is 16.8. The highest BCUT2D eigenvalue weighted by Crippen LogP contribution is 2.15. The second-order valence-electron chi connectivity index (χ2n) is 5.53. The number of amides is 1. The van der Waals surface area contributed by atoms with E-state index >= 15 is 0 Å². The van der Waals surface area contributed by atoms with Crippen molar-refractivity contribution in [3.05, 3.63) is 42.5 Å². The molecule has 21 heavy (non-hydrogen) atoms. The van der Waals surface area contributed by atoms with Crippen LogP contribution < -0.4 is 0 Å². The van der Waals surface area contributed by atoms with Gasteiger partial charge in [0.15, 0.2) is 0 Å². The highest BCUT2D eigenvalue weighted by atomic mass is 16.2. The van der Waals surface area contributed by atoms with E-state index < -0.39 is 0 Å². The highest BCUT2D eigenvalue weighted by Gasteiger charge is 2.26. The Bertz CT molecular complexity index is 608. The molecule has 2 aromatic rings. The maximum atomic E-state index is 12.6. The number of piperazine rings is 1. The summed E-state index contributed by atoms with van der Waals surface area (Å²) in [7, 11) is 2.09. The minimum Gasteiger partial charge on any atom is -0.333 e. The third-order valence-corrected chi connectivity index (χ3v) is 3.92. The fourth-order valence-electron chi connectivity index (χ4n) is 2.72. The Labute approximate surface area is 124 Å². The van der Waals surface area contributed by atoms with Crippen LogP contribution in [0, 0.1) is 0 Å². The van der Waals surface area contributed by atoms with E-state index in [-0.39, 0.29) is 11.9 Å². The third kappa shape index (κ3) is 2.80. The van der Waals surface area contributed by atoms with Crippen molar-refractivity contribution < 1.29 is 4.79 Å². The van der Waals surface area contributed by atoms with Crippen LogP contribution in [-0.4, -0.2) is 63.2 Å². The second-order valence-corrected chi connectivity index (χ2v) is 5.53. The quantitative estimate of drug-likeness (QED) is 0.827. The van der Waals surface area contributed by atoms with E-state index in [2.05, 4.69) is 29.1 Å². The first-order valence-corrected chi connectivity index (χ1v) is 7.10. The lowest BCUT2D eigenvalue weighted by molar-refractivity contribution is 0.0533. The van der Waals surface area contributed by atoms with Crippen molar-refractivity contribution in [1.29, 1.82) is 0 Å². The molecule has 1 aliphatic rings. The molecule has 3 rings (SSSR count). The number of benzene rings is 1. The second kappa shape index (κ2) is 5.65. The first-order chi connectivity index (χ1) is 10.1. The lowest BCUT2D eigenvalue weighted by Crippen LogP contribution is -2.52. The summed E-state index contributed by atoms with van der Waals surface area (Å²) in [6.07, 6.45) is 3.28. The monoisotopic (exact) mass is 285 g/mol. The molecule has 1 amide bonds. The van der Waals surface area contributed by atoms with Gasteiger partial charge in [-0.2, -0.15) is 0 Å². The molecule has 6 heteroatoms. The van der Waals surface area contributed by atoms with Crippen molar-refractivity contribution in [1.82, 2.24) is 24.6 Å². The van der Waals surface area contributed by atoms with Crippen LogP contribution in [0.15, 0.2) is 36.9 Å². The van der Waals surface area contributed by atoms with Gasteiger partial charge in [-0.15, -0.1) is 10.2 Å². The molecule has 1 atom stereocenters. The normalized spacial score (nSPS) is 19.7. The SMILES string of the molecule is C[C@H]1CN(C)CCN1C(=O)c1ccc(-n2cnnc2)cc1. The number of aromatic nitrogens is 3. The van der Waals surface area contributed by atoms with Crippen LogP contribution in [-0.2, 0) is 0 Å². The van der Waals surface area contributed by atoms with Gasteiger partial charge in [0, 0.05) is 36.9 Å². The minimum absolute atomic E-state index is 0.103. The highest BCUT2D eigenvalue weighted by molar-refractivity contribution is 5.94. The molecule has 6 nitrogen and oxygen atoms in total. The zero-order chi connectivity index (χ0) is 14.8. The van der Waals surface area contributed by atoms with Crippen molar-refractivity contribution in [2.24, 2.45) is 0 Å². The Morgan fingerprint density at radius 3 is 2.43 bits per heavy atom. The minimum atomic E-state index is 0.103. The topological polar surface area (TPSA) is 54.3 Å². The Kier molecular flexibility index (Phi) is 3.70. The van der Waals surface area contributed by atoms with Crippen molar-refractivity contribution in [3.63, 3.8) is 0 Å². The van der Waals surface area contributed by atoms with Gasteiger partial charge in [-0.1, -0.05) is 0 Å². The van der Waals surface area contributed by atoms with E-state index in [1.165, 1.54) is 0 Å². The Balaban J connectivity index is 1.76. The molecule has 1 aromatic carbocycles. The lowest BCUT2D eigenvalue weighted by atomic mass is 10.1. The van der Waals surface area contributed by atoms with Gasteiger partial charge in [-0.25, -0.2) is 0 Å².